The van der Waals surface area contributed by atoms with Crippen molar-refractivity contribution in [2.75, 3.05) is 4.90 Å². The maximum absolute atomic E-state index is 4.68. The average molecular weight is 320 g/mol. The third kappa shape index (κ3) is 2.93. The van der Waals surface area contributed by atoms with Gasteiger partial charge in [0.15, 0.2) is 5.13 Å². The van der Waals surface area contributed by atoms with Crippen molar-refractivity contribution in [2.24, 2.45) is 4.99 Å². The summed E-state index contributed by atoms with van der Waals surface area (Å²) in [6.07, 6.45) is 5.46. The highest BCUT2D eigenvalue weighted by Crippen LogP contribution is 2.30. The van der Waals surface area contributed by atoms with Gasteiger partial charge in [0.25, 0.3) is 0 Å². The summed E-state index contributed by atoms with van der Waals surface area (Å²) in [6.45, 7) is 2.58. The lowest BCUT2D eigenvalue weighted by Gasteiger charge is -2.24. The predicted octanol–water partition coefficient (Wildman–Crippen LogP) is 3.33. The van der Waals surface area contributed by atoms with E-state index in [0.29, 0.717) is 6.54 Å². The van der Waals surface area contributed by atoms with Crippen molar-refractivity contribution in [3.8, 4) is 0 Å². The predicted molar refractivity (Wildman–Crippen MR) is 94.1 cm³/mol. The number of para-hydroxylation sites is 1. The van der Waals surface area contributed by atoms with E-state index in [-0.39, 0.29) is 0 Å². The van der Waals surface area contributed by atoms with Crippen LogP contribution in [0.25, 0.3) is 10.2 Å². The molecule has 4 rings (SSSR count). The van der Waals surface area contributed by atoms with E-state index in [1.54, 1.807) is 23.7 Å². The molecule has 0 spiro atoms. The van der Waals surface area contributed by atoms with E-state index in [0.717, 1.165) is 27.0 Å². The molecule has 23 heavy (non-hydrogen) atoms. The SMILES string of the molecule is [CH]1C=CN=C(NCc2ccccn2)N1c1nc2ccccc2s1. The first-order chi connectivity index (χ1) is 11.4. The number of thiazole rings is 1. The second kappa shape index (κ2) is 6.18. The van der Waals surface area contributed by atoms with E-state index in [1.165, 1.54) is 0 Å². The Morgan fingerprint density at radius 2 is 2.00 bits per heavy atom. The fourth-order valence-electron chi connectivity index (χ4n) is 2.29. The minimum absolute atomic E-state index is 0.614. The van der Waals surface area contributed by atoms with E-state index in [1.807, 2.05) is 53.9 Å². The highest BCUT2D eigenvalue weighted by Gasteiger charge is 2.19. The van der Waals surface area contributed by atoms with Gasteiger partial charge < -0.3 is 5.32 Å². The van der Waals surface area contributed by atoms with Crippen LogP contribution in [-0.4, -0.2) is 15.9 Å². The zero-order valence-electron chi connectivity index (χ0n) is 12.3. The molecule has 0 bridgehead atoms. The number of aliphatic imine (C=N–C) groups is 1. The molecular formula is C17H14N5S. The van der Waals surface area contributed by atoms with E-state index in [4.69, 9.17) is 0 Å². The molecule has 3 aromatic rings. The number of pyridine rings is 1. The topological polar surface area (TPSA) is 53.4 Å². The van der Waals surface area contributed by atoms with Gasteiger partial charge in [0.05, 0.1) is 29.0 Å². The zero-order chi connectivity index (χ0) is 15.5. The second-order valence-corrected chi connectivity index (χ2v) is 5.96. The van der Waals surface area contributed by atoms with Gasteiger partial charge in [0, 0.05) is 12.4 Å². The molecular weight excluding hydrogens is 306 g/mol. The van der Waals surface area contributed by atoms with Crippen molar-refractivity contribution >= 4 is 32.6 Å². The maximum atomic E-state index is 4.68. The molecule has 0 amide bonds. The minimum Gasteiger partial charge on any atom is -0.350 e. The number of guanidine groups is 1. The highest BCUT2D eigenvalue weighted by molar-refractivity contribution is 7.22. The van der Waals surface area contributed by atoms with Crippen molar-refractivity contribution in [2.45, 2.75) is 6.54 Å². The molecule has 0 atom stereocenters. The average Bonchev–Trinajstić information content (AvgIpc) is 3.05. The molecule has 5 nitrogen and oxygen atoms in total. The molecule has 0 saturated carbocycles. The van der Waals surface area contributed by atoms with Crippen LogP contribution in [0.4, 0.5) is 5.13 Å². The molecule has 1 aliphatic heterocycles. The van der Waals surface area contributed by atoms with Crippen LogP contribution in [0.3, 0.4) is 0 Å². The summed E-state index contributed by atoms with van der Waals surface area (Å²) in [5.41, 5.74) is 1.97. The lowest BCUT2D eigenvalue weighted by atomic mass is 10.3. The summed E-state index contributed by atoms with van der Waals surface area (Å²) in [7, 11) is 0. The summed E-state index contributed by atoms with van der Waals surface area (Å²) < 4.78 is 1.16. The number of nitrogens with zero attached hydrogens (tertiary/aromatic N) is 4. The number of nitrogens with one attached hydrogen (secondary N) is 1. The molecule has 1 N–H and O–H groups in total. The molecule has 6 heteroatoms. The molecule has 1 aliphatic rings. The van der Waals surface area contributed by atoms with Crippen LogP contribution in [0.5, 0.6) is 0 Å². The van der Waals surface area contributed by atoms with Crippen LogP contribution in [0.1, 0.15) is 5.69 Å². The monoisotopic (exact) mass is 320 g/mol. The standard InChI is InChI=1S/C17H14N5S/c1-2-8-15-14(7-1)21-17(23-15)22-11-5-10-19-16(22)20-12-13-6-3-4-9-18-13/h1-11H,12H2,(H,19,20). The van der Waals surface area contributed by atoms with Gasteiger partial charge in [0.2, 0.25) is 5.96 Å². The van der Waals surface area contributed by atoms with Gasteiger partial charge >= 0.3 is 0 Å². The fourth-order valence-corrected chi connectivity index (χ4v) is 3.24. The van der Waals surface area contributed by atoms with E-state index in [9.17, 15) is 0 Å². The lowest BCUT2D eigenvalue weighted by Crippen LogP contribution is -2.40. The van der Waals surface area contributed by atoms with Gasteiger partial charge in [-0.3, -0.25) is 9.88 Å². The Morgan fingerprint density at radius 1 is 1.09 bits per heavy atom. The van der Waals surface area contributed by atoms with Crippen LogP contribution in [0, 0.1) is 6.54 Å². The van der Waals surface area contributed by atoms with Gasteiger partial charge in [0.1, 0.15) is 0 Å². The number of fused-ring (bicyclic) bond motifs is 1. The Hall–Kier alpha value is -2.73. The summed E-state index contributed by atoms with van der Waals surface area (Å²) in [5.74, 6) is 0.747. The van der Waals surface area contributed by atoms with Crippen LogP contribution in [-0.2, 0) is 6.54 Å². The quantitative estimate of drug-likeness (QED) is 0.804. The van der Waals surface area contributed by atoms with Gasteiger partial charge in [-0.15, -0.1) is 0 Å². The number of anilines is 1. The molecule has 113 valence electrons. The Morgan fingerprint density at radius 3 is 2.87 bits per heavy atom. The molecule has 0 unspecified atom stereocenters. The largest absolute Gasteiger partial charge is 0.350 e. The number of benzene rings is 1. The van der Waals surface area contributed by atoms with Crippen molar-refractivity contribution in [3.63, 3.8) is 0 Å². The molecule has 1 aromatic carbocycles. The van der Waals surface area contributed by atoms with Crippen molar-refractivity contribution in [1.29, 1.82) is 0 Å². The van der Waals surface area contributed by atoms with Gasteiger partial charge in [-0.25, -0.2) is 9.98 Å². The van der Waals surface area contributed by atoms with Crippen LogP contribution >= 0.6 is 11.3 Å². The zero-order valence-corrected chi connectivity index (χ0v) is 13.1. The van der Waals surface area contributed by atoms with Crippen LogP contribution < -0.4 is 10.2 Å². The number of hydrogen-bond donors (Lipinski definition) is 1. The number of rotatable bonds is 3. The van der Waals surface area contributed by atoms with Gasteiger partial charge in [-0.1, -0.05) is 29.5 Å². The number of hydrogen-bond acceptors (Lipinski definition) is 6. The first-order valence-electron chi connectivity index (χ1n) is 7.26. The molecule has 0 aliphatic carbocycles. The first-order valence-corrected chi connectivity index (χ1v) is 8.08. The van der Waals surface area contributed by atoms with Gasteiger partial charge in [-0.2, -0.15) is 0 Å². The molecule has 0 fully saturated rings. The highest BCUT2D eigenvalue weighted by atomic mass is 32.1. The van der Waals surface area contributed by atoms with Crippen molar-refractivity contribution in [1.82, 2.24) is 15.3 Å². The molecule has 1 radical (unpaired) electrons. The smallest absolute Gasteiger partial charge is 0.205 e. The Kier molecular flexibility index (Phi) is 3.73. The van der Waals surface area contributed by atoms with E-state index in [2.05, 4.69) is 26.3 Å². The van der Waals surface area contributed by atoms with Crippen LogP contribution in [0.15, 0.2) is 65.9 Å². The third-order valence-electron chi connectivity index (χ3n) is 3.39. The Bertz CT molecular complexity index is 836. The molecule has 3 heterocycles. The number of aromatic nitrogens is 2. The second-order valence-electron chi connectivity index (χ2n) is 4.95. The Labute approximate surface area is 138 Å². The maximum Gasteiger partial charge on any atom is 0.205 e. The summed E-state index contributed by atoms with van der Waals surface area (Å²) >= 11 is 1.64. The Balaban J connectivity index is 1.57. The van der Waals surface area contributed by atoms with Crippen LogP contribution in [0.2, 0.25) is 0 Å². The van der Waals surface area contributed by atoms with Crippen molar-refractivity contribution < 1.29 is 0 Å². The fraction of sp³-hybridized carbons (Fsp3) is 0.0588. The summed E-state index contributed by atoms with van der Waals surface area (Å²) in [5, 5.41) is 4.22. The molecule has 0 saturated heterocycles. The van der Waals surface area contributed by atoms with Crippen molar-refractivity contribution in [3.05, 3.63) is 73.2 Å². The first kappa shape index (κ1) is 13.9. The summed E-state index contributed by atoms with van der Waals surface area (Å²) in [4.78, 5) is 15.4. The van der Waals surface area contributed by atoms with E-state index >= 15 is 0 Å². The lowest BCUT2D eigenvalue weighted by molar-refractivity contribution is 0.852. The minimum atomic E-state index is 0.614. The molecule has 2 aromatic heterocycles. The normalized spacial score (nSPS) is 14.1. The van der Waals surface area contributed by atoms with E-state index < -0.39 is 0 Å². The summed E-state index contributed by atoms with van der Waals surface area (Å²) in [6, 6.07) is 14.0. The third-order valence-corrected chi connectivity index (χ3v) is 4.42. The van der Waals surface area contributed by atoms with Gasteiger partial charge in [-0.05, 0) is 30.3 Å².